The van der Waals surface area contributed by atoms with E-state index in [2.05, 4.69) is 24.0 Å². The van der Waals surface area contributed by atoms with Gasteiger partial charge in [0.25, 0.3) is 5.91 Å². The van der Waals surface area contributed by atoms with Gasteiger partial charge in [0.15, 0.2) is 0 Å². The maximum absolute atomic E-state index is 12.5. The normalized spacial score (nSPS) is 22.2. The van der Waals surface area contributed by atoms with Gasteiger partial charge in [-0.2, -0.15) is 0 Å². The molecule has 0 aromatic carbocycles. The van der Waals surface area contributed by atoms with Gasteiger partial charge in [-0.3, -0.25) is 9.78 Å². The van der Waals surface area contributed by atoms with E-state index in [1.54, 1.807) is 12.4 Å². The maximum atomic E-state index is 12.5. The molecule has 0 N–H and O–H groups in total. The third-order valence-electron chi connectivity index (χ3n) is 4.08. The Morgan fingerprint density at radius 2 is 1.85 bits per heavy atom. The van der Waals surface area contributed by atoms with Crippen molar-refractivity contribution in [1.82, 2.24) is 14.8 Å². The number of pyridine rings is 1. The van der Waals surface area contributed by atoms with Gasteiger partial charge in [0.1, 0.15) is 0 Å². The molecule has 1 aromatic heterocycles. The van der Waals surface area contributed by atoms with Crippen LogP contribution in [0, 0.1) is 0 Å². The minimum Gasteiger partial charge on any atom is -0.337 e. The Kier molecular flexibility index (Phi) is 6.43. The molecule has 20 heavy (non-hydrogen) atoms. The van der Waals surface area contributed by atoms with Gasteiger partial charge < -0.3 is 9.80 Å². The Bertz CT molecular complexity index is 424. The van der Waals surface area contributed by atoms with Crippen LogP contribution in [0.15, 0.2) is 24.5 Å². The Balaban J connectivity index is 0.00000200. The Hall–Kier alpha value is -1.13. The molecule has 1 aromatic rings. The third-order valence-corrected chi connectivity index (χ3v) is 4.08. The molecule has 1 aliphatic carbocycles. The molecule has 0 radical (unpaired) electrons. The van der Waals surface area contributed by atoms with Crippen LogP contribution in [0.3, 0.4) is 0 Å². The first-order chi connectivity index (χ1) is 9.11. The summed E-state index contributed by atoms with van der Waals surface area (Å²) in [7, 11) is 6.12. The fraction of sp³-hybridized carbons (Fsp3) is 0.600. The average Bonchev–Trinajstić information content (AvgIpc) is 2.46. The highest BCUT2D eigenvalue weighted by atomic mass is 35.5. The van der Waals surface area contributed by atoms with Crippen molar-refractivity contribution in [3.8, 4) is 0 Å². The highest BCUT2D eigenvalue weighted by molar-refractivity contribution is 5.93. The zero-order valence-corrected chi connectivity index (χ0v) is 13.3. The fourth-order valence-electron chi connectivity index (χ4n) is 2.99. The lowest BCUT2D eigenvalue weighted by Crippen LogP contribution is -2.51. The van der Waals surface area contributed by atoms with Gasteiger partial charge in [-0.15, -0.1) is 12.4 Å². The lowest BCUT2D eigenvalue weighted by molar-refractivity contribution is 0.0544. The van der Waals surface area contributed by atoms with E-state index < -0.39 is 0 Å². The molecule has 1 aliphatic rings. The van der Waals surface area contributed by atoms with Crippen LogP contribution in [0.2, 0.25) is 0 Å². The summed E-state index contributed by atoms with van der Waals surface area (Å²) in [6.07, 6.45) is 8.06. The van der Waals surface area contributed by atoms with E-state index in [9.17, 15) is 4.79 Å². The first kappa shape index (κ1) is 16.9. The smallest absolute Gasteiger partial charge is 0.255 e. The van der Waals surface area contributed by atoms with Crippen LogP contribution in [0.4, 0.5) is 0 Å². The second kappa shape index (κ2) is 7.60. The Morgan fingerprint density at radius 1 is 1.20 bits per heavy atom. The number of carbonyl (C=O) groups is 1. The van der Waals surface area contributed by atoms with Crippen LogP contribution in [0.1, 0.15) is 36.0 Å². The van der Waals surface area contributed by atoms with Crippen molar-refractivity contribution in [3.05, 3.63) is 30.1 Å². The summed E-state index contributed by atoms with van der Waals surface area (Å²) in [6, 6.07) is 4.40. The van der Waals surface area contributed by atoms with E-state index in [1.165, 1.54) is 19.3 Å². The number of rotatable bonds is 3. The average molecular weight is 298 g/mol. The van der Waals surface area contributed by atoms with E-state index in [0.717, 1.165) is 6.42 Å². The van der Waals surface area contributed by atoms with E-state index in [4.69, 9.17) is 0 Å². The largest absolute Gasteiger partial charge is 0.337 e. The summed E-state index contributed by atoms with van der Waals surface area (Å²) in [5.41, 5.74) is 0.674. The zero-order valence-electron chi connectivity index (χ0n) is 12.5. The summed E-state index contributed by atoms with van der Waals surface area (Å²) in [5, 5.41) is 0. The van der Waals surface area contributed by atoms with E-state index >= 15 is 0 Å². The molecular weight excluding hydrogens is 274 g/mol. The first-order valence-electron chi connectivity index (χ1n) is 6.95. The van der Waals surface area contributed by atoms with Gasteiger partial charge in [0.05, 0.1) is 5.56 Å². The van der Waals surface area contributed by atoms with Crippen molar-refractivity contribution in [2.45, 2.75) is 37.8 Å². The SMILES string of the molecule is CN(C)[C@@H]1CCCC[C@H]1N(C)C(=O)c1cccnc1.Cl. The van der Waals surface area contributed by atoms with Gasteiger partial charge >= 0.3 is 0 Å². The van der Waals surface area contributed by atoms with Crippen LogP contribution >= 0.6 is 12.4 Å². The standard InChI is InChI=1S/C15H23N3O.ClH/c1-17(2)13-8-4-5-9-14(13)18(3)15(19)12-7-6-10-16-11-12;/h6-7,10-11,13-14H,4-5,8-9H2,1-3H3;1H/t13-,14-;/m1./s1. The van der Waals surface area contributed by atoms with E-state index in [0.29, 0.717) is 17.6 Å². The molecule has 0 unspecified atom stereocenters. The molecule has 0 spiro atoms. The van der Waals surface area contributed by atoms with Crippen LogP contribution in [-0.4, -0.2) is 53.9 Å². The fourth-order valence-corrected chi connectivity index (χ4v) is 2.99. The van der Waals surface area contributed by atoms with Crippen LogP contribution in [0.25, 0.3) is 0 Å². The Labute approximate surface area is 127 Å². The van der Waals surface area contributed by atoms with E-state index in [1.807, 2.05) is 24.1 Å². The minimum absolute atomic E-state index is 0. The quantitative estimate of drug-likeness (QED) is 0.860. The number of amides is 1. The third kappa shape index (κ3) is 3.70. The molecular formula is C15H24ClN3O. The molecule has 112 valence electrons. The van der Waals surface area contributed by atoms with Crippen molar-refractivity contribution in [2.75, 3.05) is 21.1 Å². The number of aromatic nitrogens is 1. The molecule has 0 aliphatic heterocycles. The van der Waals surface area contributed by atoms with Crippen LogP contribution in [-0.2, 0) is 0 Å². The van der Waals surface area contributed by atoms with Crippen molar-refractivity contribution in [1.29, 1.82) is 0 Å². The molecule has 5 heteroatoms. The van der Waals surface area contributed by atoms with Gasteiger partial charge in [-0.1, -0.05) is 12.8 Å². The second-order valence-corrected chi connectivity index (χ2v) is 5.54. The predicted molar refractivity (Wildman–Crippen MR) is 83.3 cm³/mol. The summed E-state index contributed by atoms with van der Waals surface area (Å²) >= 11 is 0. The number of hydrogen-bond donors (Lipinski definition) is 0. The van der Waals surface area contributed by atoms with E-state index in [-0.39, 0.29) is 18.3 Å². The molecule has 4 nitrogen and oxygen atoms in total. The number of nitrogens with zero attached hydrogens (tertiary/aromatic N) is 3. The molecule has 2 atom stereocenters. The topological polar surface area (TPSA) is 36.4 Å². The molecule has 1 fully saturated rings. The molecule has 2 rings (SSSR count). The first-order valence-corrected chi connectivity index (χ1v) is 6.95. The summed E-state index contributed by atoms with van der Waals surface area (Å²) in [6.45, 7) is 0. The molecule has 0 saturated heterocycles. The van der Waals surface area contributed by atoms with Crippen LogP contribution in [0.5, 0.6) is 0 Å². The maximum Gasteiger partial charge on any atom is 0.255 e. The highest BCUT2D eigenvalue weighted by Crippen LogP contribution is 2.26. The number of halogens is 1. The van der Waals surface area contributed by atoms with Crippen molar-refractivity contribution < 1.29 is 4.79 Å². The van der Waals surface area contributed by atoms with Crippen molar-refractivity contribution >= 4 is 18.3 Å². The number of carbonyl (C=O) groups excluding carboxylic acids is 1. The van der Waals surface area contributed by atoms with Gasteiger partial charge in [0, 0.05) is 31.5 Å². The van der Waals surface area contributed by atoms with Crippen LogP contribution < -0.4 is 0 Å². The van der Waals surface area contributed by atoms with Gasteiger partial charge in [-0.25, -0.2) is 0 Å². The number of hydrogen-bond acceptors (Lipinski definition) is 3. The summed E-state index contributed by atoms with van der Waals surface area (Å²) in [5.74, 6) is 0.0758. The number of likely N-dealkylation sites (N-methyl/N-ethyl adjacent to an activating group) is 2. The minimum atomic E-state index is 0. The second-order valence-electron chi connectivity index (χ2n) is 5.54. The van der Waals surface area contributed by atoms with Gasteiger partial charge in [-0.05, 0) is 39.1 Å². The van der Waals surface area contributed by atoms with Crippen molar-refractivity contribution in [3.63, 3.8) is 0 Å². The molecule has 1 saturated carbocycles. The highest BCUT2D eigenvalue weighted by Gasteiger charge is 2.32. The van der Waals surface area contributed by atoms with Gasteiger partial charge in [0.2, 0.25) is 0 Å². The lowest BCUT2D eigenvalue weighted by atomic mass is 9.88. The summed E-state index contributed by atoms with van der Waals surface area (Å²) < 4.78 is 0. The molecule has 1 amide bonds. The molecule has 0 bridgehead atoms. The zero-order chi connectivity index (χ0) is 13.8. The Morgan fingerprint density at radius 3 is 2.40 bits per heavy atom. The summed E-state index contributed by atoms with van der Waals surface area (Å²) in [4.78, 5) is 20.7. The van der Waals surface area contributed by atoms with Crippen molar-refractivity contribution in [2.24, 2.45) is 0 Å². The monoisotopic (exact) mass is 297 g/mol. The predicted octanol–water partition coefficient (Wildman–Crippen LogP) is 2.45. The lowest BCUT2D eigenvalue weighted by Gasteiger charge is -2.41. The molecule has 1 heterocycles.